The Bertz CT molecular complexity index is 243. The molecule has 0 amide bonds. The van der Waals surface area contributed by atoms with Crippen LogP contribution in [-0.4, -0.2) is 13.1 Å². The van der Waals surface area contributed by atoms with Crippen molar-refractivity contribution in [1.29, 1.82) is 0 Å². The highest BCUT2D eigenvalue weighted by Crippen LogP contribution is 2.14. The fourth-order valence-corrected chi connectivity index (χ4v) is 1.80. The van der Waals surface area contributed by atoms with E-state index in [1.807, 2.05) is 6.07 Å². The molecule has 0 radical (unpaired) electrons. The lowest BCUT2D eigenvalue weighted by Crippen LogP contribution is -2.27. The van der Waals surface area contributed by atoms with Crippen molar-refractivity contribution >= 4 is 0 Å². The predicted octanol–water partition coefficient (Wildman–Crippen LogP) is 3.24. The van der Waals surface area contributed by atoms with Crippen LogP contribution in [0, 0.1) is 5.92 Å². The molecule has 0 fully saturated rings. The van der Waals surface area contributed by atoms with Crippen molar-refractivity contribution in [3.05, 3.63) is 24.2 Å². The van der Waals surface area contributed by atoms with Crippen LogP contribution in [0.5, 0.6) is 0 Å². The quantitative estimate of drug-likeness (QED) is 0.745. The smallest absolute Gasteiger partial charge is 0.103 e. The van der Waals surface area contributed by atoms with Gasteiger partial charge in [0.15, 0.2) is 0 Å². The minimum atomic E-state index is 0.616. The van der Waals surface area contributed by atoms with Crippen LogP contribution in [0.15, 0.2) is 22.8 Å². The number of rotatable bonds is 7. The third-order valence-corrected chi connectivity index (χ3v) is 3.11. The fourth-order valence-electron chi connectivity index (χ4n) is 1.80. The monoisotopic (exact) mass is 209 g/mol. The number of aryl methyl sites for hydroxylation is 1. The number of furan rings is 1. The first kappa shape index (κ1) is 12.3. The molecule has 15 heavy (non-hydrogen) atoms. The summed E-state index contributed by atoms with van der Waals surface area (Å²) in [5.74, 6) is 1.90. The standard InChI is InChI=1S/C13H23NO/c1-4-11(2)10-12(14-3)7-8-13-6-5-9-15-13/h5-6,9,11-12,14H,4,7-8,10H2,1-3H3. The first-order valence-electron chi connectivity index (χ1n) is 5.95. The highest BCUT2D eigenvalue weighted by atomic mass is 16.3. The molecule has 0 aromatic carbocycles. The molecule has 0 aliphatic rings. The average molecular weight is 209 g/mol. The Labute approximate surface area is 93.1 Å². The summed E-state index contributed by atoms with van der Waals surface area (Å²) in [4.78, 5) is 0. The Balaban J connectivity index is 2.27. The van der Waals surface area contributed by atoms with Gasteiger partial charge in [-0.2, -0.15) is 0 Å². The molecule has 2 unspecified atom stereocenters. The van der Waals surface area contributed by atoms with E-state index in [2.05, 4.69) is 32.3 Å². The van der Waals surface area contributed by atoms with E-state index in [0.29, 0.717) is 6.04 Å². The lowest BCUT2D eigenvalue weighted by molar-refractivity contribution is 0.383. The van der Waals surface area contributed by atoms with Crippen LogP contribution in [0.1, 0.15) is 38.9 Å². The van der Waals surface area contributed by atoms with Crippen molar-refractivity contribution in [2.45, 2.75) is 45.6 Å². The van der Waals surface area contributed by atoms with Crippen LogP contribution >= 0.6 is 0 Å². The first-order chi connectivity index (χ1) is 7.26. The molecule has 0 saturated carbocycles. The molecule has 0 spiro atoms. The Morgan fingerprint density at radius 3 is 2.80 bits per heavy atom. The van der Waals surface area contributed by atoms with Gasteiger partial charge >= 0.3 is 0 Å². The predicted molar refractivity (Wildman–Crippen MR) is 63.9 cm³/mol. The minimum absolute atomic E-state index is 0.616. The third-order valence-electron chi connectivity index (χ3n) is 3.11. The Hall–Kier alpha value is -0.760. The van der Waals surface area contributed by atoms with E-state index in [9.17, 15) is 0 Å². The molecule has 0 aliphatic heterocycles. The van der Waals surface area contributed by atoms with Gasteiger partial charge in [-0.25, -0.2) is 0 Å². The fraction of sp³-hybridized carbons (Fsp3) is 0.692. The van der Waals surface area contributed by atoms with Crippen molar-refractivity contribution in [2.75, 3.05) is 7.05 Å². The molecule has 2 atom stereocenters. The van der Waals surface area contributed by atoms with Gasteiger partial charge in [-0.15, -0.1) is 0 Å². The van der Waals surface area contributed by atoms with Crippen molar-refractivity contribution in [3.8, 4) is 0 Å². The summed E-state index contributed by atoms with van der Waals surface area (Å²) in [5.41, 5.74) is 0. The average Bonchev–Trinajstić information content (AvgIpc) is 2.76. The van der Waals surface area contributed by atoms with Crippen LogP contribution in [0.4, 0.5) is 0 Å². The second-order valence-electron chi connectivity index (χ2n) is 4.35. The summed E-state index contributed by atoms with van der Waals surface area (Å²) in [6.45, 7) is 4.57. The van der Waals surface area contributed by atoms with Gasteiger partial charge in [-0.1, -0.05) is 20.3 Å². The molecule has 1 N–H and O–H groups in total. The molecule has 1 rings (SSSR count). The summed E-state index contributed by atoms with van der Waals surface area (Å²) >= 11 is 0. The van der Waals surface area contributed by atoms with Crippen molar-refractivity contribution < 1.29 is 4.42 Å². The molecule has 1 aromatic rings. The van der Waals surface area contributed by atoms with Gasteiger partial charge in [-0.3, -0.25) is 0 Å². The highest BCUT2D eigenvalue weighted by molar-refractivity contribution is 4.98. The van der Waals surface area contributed by atoms with Gasteiger partial charge in [-0.05, 0) is 37.9 Å². The van der Waals surface area contributed by atoms with Gasteiger partial charge in [0.25, 0.3) is 0 Å². The maximum absolute atomic E-state index is 5.33. The van der Waals surface area contributed by atoms with E-state index in [-0.39, 0.29) is 0 Å². The third kappa shape index (κ3) is 4.52. The van der Waals surface area contributed by atoms with Crippen LogP contribution in [0.2, 0.25) is 0 Å². The van der Waals surface area contributed by atoms with E-state index < -0.39 is 0 Å². The summed E-state index contributed by atoms with van der Waals surface area (Å²) in [5, 5.41) is 3.39. The number of hydrogen-bond acceptors (Lipinski definition) is 2. The van der Waals surface area contributed by atoms with Crippen LogP contribution in [-0.2, 0) is 6.42 Å². The van der Waals surface area contributed by atoms with Crippen molar-refractivity contribution in [1.82, 2.24) is 5.32 Å². The van der Waals surface area contributed by atoms with Gasteiger partial charge in [0.05, 0.1) is 6.26 Å². The zero-order chi connectivity index (χ0) is 11.1. The molecule has 0 bridgehead atoms. The van der Waals surface area contributed by atoms with Gasteiger partial charge < -0.3 is 9.73 Å². The molecule has 1 aromatic heterocycles. The van der Waals surface area contributed by atoms with Gasteiger partial charge in [0.2, 0.25) is 0 Å². The molecule has 86 valence electrons. The number of hydrogen-bond donors (Lipinski definition) is 1. The molecular formula is C13H23NO. The van der Waals surface area contributed by atoms with Gasteiger partial charge in [0, 0.05) is 12.5 Å². The zero-order valence-electron chi connectivity index (χ0n) is 10.1. The maximum Gasteiger partial charge on any atom is 0.103 e. The normalized spacial score (nSPS) is 15.1. The topological polar surface area (TPSA) is 25.2 Å². The summed E-state index contributed by atoms with van der Waals surface area (Å²) in [6.07, 6.45) is 6.47. The first-order valence-corrected chi connectivity index (χ1v) is 5.95. The number of nitrogens with one attached hydrogen (secondary N) is 1. The van der Waals surface area contributed by atoms with E-state index >= 15 is 0 Å². The molecule has 0 saturated heterocycles. The van der Waals surface area contributed by atoms with Crippen molar-refractivity contribution in [2.24, 2.45) is 5.92 Å². The molecule has 2 heteroatoms. The van der Waals surface area contributed by atoms with Gasteiger partial charge in [0.1, 0.15) is 5.76 Å². The summed E-state index contributed by atoms with van der Waals surface area (Å²) < 4.78 is 5.33. The second kappa shape index (κ2) is 6.67. The van der Waals surface area contributed by atoms with Crippen molar-refractivity contribution in [3.63, 3.8) is 0 Å². The SMILES string of the molecule is CCC(C)CC(CCc1ccco1)NC. The lowest BCUT2D eigenvalue weighted by Gasteiger charge is -2.19. The largest absolute Gasteiger partial charge is 0.469 e. The Kier molecular flexibility index (Phi) is 5.48. The molecular weight excluding hydrogens is 186 g/mol. The minimum Gasteiger partial charge on any atom is -0.469 e. The van der Waals surface area contributed by atoms with E-state index in [4.69, 9.17) is 4.42 Å². The zero-order valence-corrected chi connectivity index (χ0v) is 10.1. The second-order valence-corrected chi connectivity index (χ2v) is 4.35. The molecule has 1 heterocycles. The molecule has 2 nitrogen and oxygen atoms in total. The van der Waals surface area contributed by atoms with Crippen LogP contribution < -0.4 is 5.32 Å². The van der Waals surface area contributed by atoms with Crippen LogP contribution in [0.3, 0.4) is 0 Å². The van der Waals surface area contributed by atoms with E-state index in [1.54, 1.807) is 6.26 Å². The summed E-state index contributed by atoms with van der Waals surface area (Å²) in [6, 6.07) is 4.62. The lowest BCUT2D eigenvalue weighted by atomic mass is 9.96. The highest BCUT2D eigenvalue weighted by Gasteiger charge is 2.10. The van der Waals surface area contributed by atoms with Crippen LogP contribution in [0.25, 0.3) is 0 Å². The molecule has 0 aliphatic carbocycles. The van der Waals surface area contributed by atoms with E-state index in [1.165, 1.54) is 12.8 Å². The Morgan fingerprint density at radius 2 is 2.27 bits per heavy atom. The summed E-state index contributed by atoms with van der Waals surface area (Å²) in [7, 11) is 2.05. The maximum atomic E-state index is 5.33. The van der Waals surface area contributed by atoms with E-state index in [0.717, 1.165) is 24.5 Å². The Morgan fingerprint density at radius 1 is 1.47 bits per heavy atom.